The van der Waals surface area contributed by atoms with Crippen LogP contribution in [0.2, 0.25) is 0 Å². The van der Waals surface area contributed by atoms with E-state index in [9.17, 15) is 0 Å². The lowest BCUT2D eigenvalue weighted by Crippen LogP contribution is -2.61. The van der Waals surface area contributed by atoms with E-state index < -0.39 is 5.54 Å². The highest BCUT2D eigenvalue weighted by Gasteiger charge is 2.49. The van der Waals surface area contributed by atoms with Crippen molar-refractivity contribution in [3.8, 4) is 11.6 Å². The van der Waals surface area contributed by atoms with Crippen LogP contribution in [-0.4, -0.2) is 10.1 Å². The van der Waals surface area contributed by atoms with Gasteiger partial charge in [0.1, 0.15) is 12.0 Å². The van der Waals surface area contributed by atoms with E-state index in [0.29, 0.717) is 5.76 Å². The smallest absolute Gasteiger partial charge is 0.390 e. The summed E-state index contributed by atoms with van der Waals surface area (Å²) in [6.45, 7) is 1.97. The van der Waals surface area contributed by atoms with Gasteiger partial charge in [0.2, 0.25) is 11.3 Å². The molecule has 0 atom stereocenters. The molecular formula is C25H22N3O+. The number of hydrogen-bond acceptors (Lipinski definition) is 3. The SMILES string of the molecule is Cc1n[n+](C(C2=CCCC=C2)(c2ccccc2)c2ccccc2)c2nccoc1-2. The normalized spacial score (nSPS) is 14.2. The van der Waals surface area contributed by atoms with E-state index in [0.717, 1.165) is 35.5 Å². The predicted octanol–water partition coefficient (Wildman–Crippen LogP) is 4.84. The average Bonchev–Trinajstić information content (AvgIpc) is 3.14. The third kappa shape index (κ3) is 2.71. The Morgan fingerprint density at radius 3 is 2.24 bits per heavy atom. The summed E-state index contributed by atoms with van der Waals surface area (Å²) in [6.07, 6.45) is 12.1. The van der Waals surface area contributed by atoms with Crippen LogP contribution in [0.4, 0.5) is 0 Å². The number of nitrogens with zero attached hydrogens (tertiary/aromatic N) is 3. The Balaban J connectivity index is 1.93. The maximum absolute atomic E-state index is 5.79. The fourth-order valence-corrected chi connectivity index (χ4v) is 4.29. The van der Waals surface area contributed by atoms with Crippen molar-refractivity contribution in [2.24, 2.45) is 0 Å². The van der Waals surface area contributed by atoms with Crippen molar-refractivity contribution in [3.63, 3.8) is 0 Å². The molecule has 29 heavy (non-hydrogen) atoms. The van der Waals surface area contributed by atoms with Crippen molar-refractivity contribution in [1.29, 1.82) is 0 Å². The standard InChI is InChI=1S/C25H22N3O/c1-19-23-24(26-17-18-29-23)28(27-19)25(20-11-5-2-6-12-20,21-13-7-3-8-14-21)22-15-9-4-10-16-22/h2-3,5-9,11-18H,4,10H2,1H3/q+1. The largest absolute Gasteiger partial charge is 0.450 e. The number of hydrogen-bond donors (Lipinski definition) is 0. The third-order valence-corrected chi connectivity index (χ3v) is 5.54. The number of allylic oxidation sites excluding steroid dienone is 4. The molecule has 0 fully saturated rings. The van der Waals surface area contributed by atoms with Gasteiger partial charge in [0.15, 0.2) is 6.20 Å². The topological polar surface area (TPSA) is 42.8 Å². The van der Waals surface area contributed by atoms with E-state index >= 15 is 0 Å². The minimum absolute atomic E-state index is 0.643. The van der Waals surface area contributed by atoms with Gasteiger partial charge in [-0.05, 0) is 24.7 Å². The van der Waals surface area contributed by atoms with Crippen LogP contribution in [0.25, 0.3) is 11.6 Å². The van der Waals surface area contributed by atoms with Crippen molar-refractivity contribution in [2.75, 3.05) is 0 Å². The van der Waals surface area contributed by atoms with Crippen LogP contribution in [0.5, 0.6) is 0 Å². The zero-order valence-electron chi connectivity index (χ0n) is 16.3. The van der Waals surface area contributed by atoms with Gasteiger partial charge in [-0.25, -0.2) is 0 Å². The van der Waals surface area contributed by atoms with Crippen molar-refractivity contribution in [1.82, 2.24) is 10.1 Å². The molecule has 3 aliphatic rings. The molecule has 5 rings (SSSR count). The van der Waals surface area contributed by atoms with Crippen LogP contribution in [-0.2, 0) is 5.54 Å². The van der Waals surface area contributed by atoms with Crippen LogP contribution in [0.3, 0.4) is 0 Å². The number of benzene rings is 2. The second kappa shape index (κ2) is 7.13. The summed E-state index contributed by atoms with van der Waals surface area (Å²) >= 11 is 0. The lowest BCUT2D eigenvalue weighted by atomic mass is 9.75. The highest BCUT2D eigenvalue weighted by molar-refractivity contribution is 5.52. The molecule has 2 heterocycles. The van der Waals surface area contributed by atoms with Gasteiger partial charge in [-0.1, -0.05) is 84.0 Å². The van der Waals surface area contributed by atoms with Gasteiger partial charge in [0.25, 0.3) is 0 Å². The summed E-state index contributed by atoms with van der Waals surface area (Å²) in [4.78, 5) is 4.67. The molecule has 142 valence electrons. The Kier molecular flexibility index (Phi) is 4.32. The van der Waals surface area contributed by atoms with Gasteiger partial charge in [0, 0.05) is 16.7 Å². The quantitative estimate of drug-likeness (QED) is 0.476. The summed E-state index contributed by atoms with van der Waals surface area (Å²) in [7, 11) is 0. The fraction of sp³-hybridized carbons (Fsp3) is 0.160. The monoisotopic (exact) mass is 380 g/mol. The van der Waals surface area contributed by atoms with E-state index in [1.54, 1.807) is 12.5 Å². The molecule has 2 aromatic rings. The summed E-state index contributed by atoms with van der Waals surface area (Å²) in [5.41, 5.74) is 3.65. The first-order chi connectivity index (χ1) is 14.3. The molecular weight excluding hydrogens is 358 g/mol. The number of aromatic nitrogens is 3. The van der Waals surface area contributed by atoms with Gasteiger partial charge in [-0.3, -0.25) is 0 Å². The molecule has 2 aromatic carbocycles. The molecule has 0 aromatic heterocycles. The molecule has 0 N–H and O–H groups in total. The molecule has 0 saturated carbocycles. The van der Waals surface area contributed by atoms with E-state index in [1.165, 1.54) is 5.57 Å². The fourth-order valence-electron chi connectivity index (χ4n) is 4.29. The van der Waals surface area contributed by atoms with Crippen molar-refractivity contribution >= 4 is 0 Å². The van der Waals surface area contributed by atoms with Gasteiger partial charge in [0.05, 0.1) is 0 Å². The minimum Gasteiger partial charge on any atom is -0.450 e. The molecule has 0 unspecified atom stereocenters. The first-order valence-electron chi connectivity index (χ1n) is 9.92. The minimum atomic E-state index is -0.643. The van der Waals surface area contributed by atoms with Gasteiger partial charge in [-0.15, -0.1) is 4.68 Å². The van der Waals surface area contributed by atoms with Gasteiger partial charge in [-0.2, -0.15) is 0 Å². The summed E-state index contributed by atoms with van der Waals surface area (Å²) in [5.74, 6) is 1.45. The third-order valence-electron chi connectivity index (χ3n) is 5.54. The van der Waals surface area contributed by atoms with Crippen molar-refractivity contribution in [3.05, 3.63) is 114 Å². The Bertz CT molecular complexity index is 1120. The van der Waals surface area contributed by atoms with E-state index in [-0.39, 0.29) is 0 Å². The molecule has 4 heteroatoms. The molecule has 4 nitrogen and oxygen atoms in total. The van der Waals surface area contributed by atoms with Crippen LogP contribution in [0.1, 0.15) is 29.7 Å². The zero-order valence-corrected chi connectivity index (χ0v) is 16.3. The van der Waals surface area contributed by atoms with Crippen molar-refractivity contribution < 1.29 is 9.10 Å². The Morgan fingerprint density at radius 1 is 0.931 bits per heavy atom. The van der Waals surface area contributed by atoms with Gasteiger partial charge >= 0.3 is 5.82 Å². The molecule has 0 spiro atoms. The second-order valence-electron chi connectivity index (χ2n) is 7.26. The maximum atomic E-state index is 5.79. The first-order valence-corrected chi connectivity index (χ1v) is 9.92. The predicted molar refractivity (Wildman–Crippen MR) is 111 cm³/mol. The molecule has 1 aliphatic carbocycles. The molecule has 2 aliphatic heterocycles. The van der Waals surface area contributed by atoms with Crippen LogP contribution in [0.15, 0.2) is 101 Å². The molecule has 0 amide bonds. The second-order valence-corrected chi connectivity index (χ2v) is 7.26. The number of rotatable bonds is 4. The molecule has 0 saturated heterocycles. The Morgan fingerprint density at radius 2 is 1.62 bits per heavy atom. The van der Waals surface area contributed by atoms with Crippen LogP contribution < -0.4 is 4.68 Å². The van der Waals surface area contributed by atoms with E-state index in [1.807, 2.05) is 23.7 Å². The summed E-state index contributed by atoms with van der Waals surface area (Å²) in [5, 5.41) is 4.98. The Hall–Kier alpha value is -3.53. The lowest BCUT2D eigenvalue weighted by Gasteiger charge is -2.33. The van der Waals surface area contributed by atoms with Crippen LogP contribution in [0, 0.1) is 6.92 Å². The summed E-state index contributed by atoms with van der Waals surface area (Å²) < 4.78 is 7.83. The van der Waals surface area contributed by atoms with Crippen molar-refractivity contribution in [2.45, 2.75) is 25.3 Å². The van der Waals surface area contributed by atoms with Gasteiger partial charge < -0.3 is 4.42 Å². The zero-order chi connectivity index (χ0) is 19.7. The number of fused-ring (bicyclic) bond motifs is 1. The number of aryl methyl sites for hydroxylation is 1. The highest BCUT2D eigenvalue weighted by atomic mass is 16.3. The molecule has 0 bridgehead atoms. The van der Waals surface area contributed by atoms with Crippen LogP contribution >= 0.6 is 0 Å². The van der Waals surface area contributed by atoms with E-state index in [4.69, 9.17) is 9.52 Å². The van der Waals surface area contributed by atoms with E-state index in [2.05, 4.69) is 71.7 Å². The first kappa shape index (κ1) is 17.6. The highest BCUT2D eigenvalue weighted by Crippen LogP contribution is 2.40. The summed E-state index contributed by atoms with van der Waals surface area (Å²) in [6, 6.07) is 21.1. The maximum Gasteiger partial charge on any atom is 0.390 e. The Labute approximate surface area is 170 Å². The lowest BCUT2D eigenvalue weighted by molar-refractivity contribution is -0.777. The average molecular weight is 380 g/mol. The molecule has 0 radical (unpaired) electrons.